The van der Waals surface area contributed by atoms with Gasteiger partial charge >= 0.3 is 5.97 Å². The molecule has 0 aromatic rings. The van der Waals surface area contributed by atoms with Gasteiger partial charge in [0.25, 0.3) is 0 Å². The zero-order valence-corrected chi connectivity index (χ0v) is 12.5. The molecule has 0 bridgehead atoms. The van der Waals surface area contributed by atoms with Crippen molar-refractivity contribution in [3.63, 3.8) is 0 Å². The molecular weight excluding hydrogens is 302 g/mol. The van der Waals surface area contributed by atoms with Crippen molar-refractivity contribution in [3.8, 4) is 0 Å². The van der Waals surface area contributed by atoms with E-state index in [1.165, 1.54) is 7.11 Å². The standard InChI is InChI=1S/C12H20BrNO4/c1-7(2)5-10(15)11(16)14-9(6-8(3)13)12(17)18-4/h7,9-10,15H,3,5-6H2,1-2,4H3,(H,14,16)/t9-,10+/m0/s1. The van der Waals surface area contributed by atoms with E-state index in [9.17, 15) is 14.7 Å². The Hall–Kier alpha value is -0.880. The fourth-order valence-electron chi connectivity index (χ4n) is 1.38. The van der Waals surface area contributed by atoms with E-state index < -0.39 is 24.0 Å². The molecule has 0 saturated carbocycles. The van der Waals surface area contributed by atoms with Crippen molar-refractivity contribution in [3.05, 3.63) is 11.1 Å². The third-order valence-electron chi connectivity index (χ3n) is 2.23. The minimum atomic E-state index is -1.12. The Bertz CT molecular complexity index is 317. The predicted octanol–water partition coefficient (Wildman–Crippen LogP) is 1.35. The molecule has 0 saturated heterocycles. The normalized spacial score (nSPS) is 13.9. The summed E-state index contributed by atoms with van der Waals surface area (Å²) in [5.74, 6) is -0.956. The van der Waals surface area contributed by atoms with E-state index in [-0.39, 0.29) is 12.3 Å². The van der Waals surface area contributed by atoms with Gasteiger partial charge in [0.2, 0.25) is 5.91 Å². The number of hydrogen-bond acceptors (Lipinski definition) is 4. The molecule has 0 radical (unpaired) electrons. The van der Waals surface area contributed by atoms with Crippen molar-refractivity contribution in [1.29, 1.82) is 0 Å². The van der Waals surface area contributed by atoms with Gasteiger partial charge in [-0.05, 0) is 16.8 Å². The van der Waals surface area contributed by atoms with Crippen LogP contribution in [0.25, 0.3) is 0 Å². The summed E-state index contributed by atoms with van der Waals surface area (Å²) < 4.78 is 5.14. The van der Waals surface area contributed by atoms with Gasteiger partial charge in [0.15, 0.2) is 0 Å². The molecular formula is C12H20BrNO4. The summed E-state index contributed by atoms with van der Waals surface area (Å²) in [6.07, 6.45) is -0.567. The van der Waals surface area contributed by atoms with Crippen LogP contribution in [0, 0.1) is 5.92 Å². The summed E-state index contributed by atoms with van der Waals surface area (Å²) in [5.41, 5.74) is 0. The Morgan fingerprint density at radius 3 is 2.39 bits per heavy atom. The Balaban J connectivity index is 4.52. The molecule has 18 heavy (non-hydrogen) atoms. The molecule has 2 N–H and O–H groups in total. The van der Waals surface area contributed by atoms with Crippen molar-refractivity contribution in [2.75, 3.05) is 7.11 Å². The topological polar surface area (TPSA) is 75.6 Å². The monoisotopic (exact) mass is 321 g/mol. The van der Waals surface area contributed by atoms with E-state index >= 15 is 0 Å². The molecule has 0 rings (SSSR count). The smallest absolute Gasteiger partial charge is 0.328 e. The van der Waals surface area contributed by atoms with Gasteiger partial charge in [0.1, 0.15) is 12.1 Å². The first-order valence-electron chi connectivity index (χ1n) is 5.67. The van der Waals surface area contributed by atoms with Crippen LogP contribution in [0.4, 0.5) is 0 Å². The van der Waals surface area contributed by atoms with Crippen LogP contribution in [-0.2, 0) is 14.3 Å². The number of hydrogen-bond donors (Lipinski definition) is 2. The largest absolute Gasteiger partial charge is 0.467 e. The van der Waals surface area contributed by atoms with Gasteiger partial charge in [-0.2, -0.15) is 0 Å². The summed E-state index contributed by atoms with van der Waals surface area (Å²) in [6, 6.07) is -0.837. The minimum Gasteiger partial charge on any atom is -0.467 e. The number of esters is 1. The second-order valence-corrected chi connectivity index (χ2v) is 5.57. The van der Waals surface area contributed by atoms with Crippen LogP contribution >= 0.6 is 15.9 Å². The Labute approximate surface area is 116 Å². The van der Waals surface area contributed by atoms with E-state index in [4.69, 9.17) is 0 Å². The summed E-state index contributed by atoms with van der Waals surface area (Å²) in [4.78, 5) is 23.1. The SMILES string of the molecule is C=C(Br)C[C@H](NC(=O)[C@H](O)CC(C)C)C(=O)OC. The second kappa shape index (κ2) is 8.26. The number of nitrogens with one attached hydrogen (secondary N) is 1. The van der Waals surface area contributed by atoms with Crippen LogP contribution in [-0.4, -0.2) is 36.2 Å². The van der Waals surface area contributed by atoms with E-state index in [1.807, 2.05) is 13.8 Å². The van der Waals surface area contributed by atoms with Crippen molar-refractivity contribution in [2.24, 2.45) is 5.92 Å². The summed E-state index contributed by atoms with van der Waals surface area (Å²) in [6.45, 7) is 7.40. The lowest BCUT2D eigenvalue weighted by Crippen LogP contribution is -2.46. The Kier molecular flexibility index (Phi) is 7.86. The summed E-state index contributed by atoms with van der Waals surface area (Å²) >= 11 is 3.12. The molecule has 0 spiro atoms. The van der Waals surface area contributed by atoms with E-state index in [0.717, 1.165) is 0 Å². The average Bonchev–Trinajstić information content (AvgIpc) is 2.25. The van der Waals surface area contributed by atoms with Gasteiger partial charge in [-0.25, -0.2) is 4.79 Å². The van der Waals surface area contributed by atoms with Gasteiger partial charge in [-0.1, -0.05) is 36.4 Å². The fraction of sp³-hybridized carbons (Fsp3) is 0.667. The molecule has 0 heterocycles. The van der Waals surface area contributed by atoms with Gasteiger partial charge in [-0.3, -0.25) is 4.79 Å². The van der Waals surface area contributed by atoms with Gasteiger partial charge in [0, 0.05) is 6.42 Å². The van der Waals surface area contributed by atoms with E-state index in [2.05, 4.69) is 32.6 Å². The molecule has 1 amide bonds. The molecule has 0 aliphatic heterocycles. The van der Waals surface area contributed by atoms with E-state index in [1.54, 1.807) is 0 Å². The third-order valence-corrected chi connectivity index (χ3v) is 2.55. The van der Waals surface area contributed by atoms with Crippen molar-refractivity contribution in [1.82, 2.24) is 5.32 Å². The summed E-state index contributed by atoms with van der Waals surface area (Å²) in [5, 5.41) is 12.1. The summed E-state index contributed by atoms with van der Waals surface area (Å²) in [7, 11) is 1.24. The van der Waals surface area contributed by atoms with Gasteiger partial charge in [0.05, 0.1) is 7.11 Å². The van der Waals surface area contributed by atoms with Crippen LogP contribution in [0.3, 0.4) is 0 Å². The number of ether oxygens (including phenoxy) is 1. The van der Waals surface area contributed by atoms with Crippen LogP contribution < -0.4 is 5.32 Å². The number of carbonyl (C=O) groups is 2. The Morgan fingerprint density at radius 2 is 2.00 bits per heavy atom. The first-order chi connectivity index (χ1) is 8.27. The van der Waals surface area contributed by atoms with E-state index in [0.29, 0.717) is 10.9 Å². The molecule has 0 fully saturated rings. The maximum Gasteiger partial charge on any atom is 0.328 e. The lowest BCUT2D eigenvalue weighted by molar-refractivity contribution is -0.146. The molecule has 5 nitrogen and oxygen atoms in total. The second-order valence-electron chi connectivity index (χ2n) is 4.45. The number of halogens is 1. The van der Waals surface area contributed by atoms with Crippen LogP contribution in [0.5, 0.6) is 0 Å². The van der Waals surface area contributed by atoms with Gasteiger partial charge < -0.3 is 15.2 Å². The molecule has 2 atom stereocenters. The van der Waals surface area contributed by atoms with Crippen molar-refractivity contribution < 1.29 is 19.4 Å². The minimum absolute atomic E-state index is 0.188. The molecule has 0 aliphatic carbocycles. The van der Waals surface area contributed by atoms with Gasteiger partial charge in [-0.15, -0.1) is 0 Å². The molecule has 104 valence electrons. The quantitative estimate of drug-likeness (QED) is 0.694. The lowest BCUT2D eigenvalue weighted by Gasteiger charge is -2.19. The van der Waals surface area contributed by atoms with Crippen molar-refractivity contribution >= 4 is 27.8 Å². The predicted molar refractivity (Wildman–Crippen MR) is 72.1 cm³/mol. The maximum atomic E-state index is 11.7. The van der Waals surface area contributed by atoms with Crippen LogP contribution in [0.2, 0.25) is 0 Å². The number of aliphatic hydroxyl groups is 1. The zero-order valence-electron chi connectivity index (χ0n) is 10.9. The number of aliphatic hydroxyl groups excluding tert-OH is 1. The Morgan fingerprint density at radius 1 is 1.44 bits per heavy atom. The van der Waals surface area contributed by atoms with Crippen LogP contribution in [0.1, 0.15) is 26.7 Å². The molecule has 6 heteroatoms. The molecule has 0 aromatic carbocycles. The van der Waals surface area contributed by atoms with Crippen LogP contribution in [0.15, 0.2) is 11.1 Å². The maximum absolute atomic E-state index is 11.7. The third kappa shape index (κ3) is 6.76. The highest BCUT2D eigenvalue weighted by Crippen LogP contribution is 2.12. The molecule has 0 aliphatic rings. The lowest BCUT2D eigenvalue weighted by atomic mass is 10.1. The number of amides is 1. The highest BCUT2D eigenvalue weighted by atomic mass is 79.9. The first-order valence-corrected chi connectivity index (χ1v) is 6.46. The molecule has 0 unspecified atom stereocenters. The number of carbonyl (C=O) groups excluding carboxylic acids is 2. The first kappa shape index (κ1) is 17.1. The fourth-order valence-corrected chi connectivity index (χ4v) is 1.70. The highest BCUT2D eigenvalue weighted by molar-refractivity contribution is 9.11. The van der Waals surface area contributed by atoms with Crippen molar-refractivity contribution in [2.45, 2.75) is 38.8 Å². The number of rotatable bonds is 7. The molecule has 0 aromatic heterocycles. The highest BCUT2D eigenvalue weighted by Gasteiger charge is 2.25. The number of methoxy groups -OCH3 is 1. The average molecular weight is 322 g/mol. The zero-order chi connectivity index (χ0) is 14.3.